The summed E-state index contributed by atoms with van der Waals surface area (Å²) in [5.74, 6) is -0.320. The van der Waals surface area contributed by atoms with Crippen molar-refractivity contribution in [3.05, 3.63) is 41.6 Å². The first-order chi connectivity index (χ1) is 8.66. The highest BCUT2D eigenvalue weighted by molar-refractivity contribution is 6.06. The van der Waals surface area contributed by atoms with Crippen LogP contribution in [0.4, 0.5) is 4.79 Å². The lowest BCUT2D eigenvalue weighted by atomic mass is 9.96. The van der Waals surface area contributed by atoms with E-state index in [1.807, 2.05) is 31.2 Å². The van der Waals surface area contributed by atoms with Crippen molar-refractivity contribution in [1.29, 1.82) is 0 Å². The first kappa shape index (κ1) is 10.7. The molecule has 1 aliphatic heterocycles. The van der Waals surface area contributed by atoms with Gasteiger partial charge < -0.3 is 5.32 Å². The molecule has 1 aromatic heterocycles. The maximum absolute atomic E-state index is 11.8. The van der Waals surface area contributed by atoms with Crippen LogP contribution >= 0.6 is 0 Å². The Bertz CT molecular complexity index is 666. The molecule has 3 rings (SSSR count). The Balaban J connectivity index is 2.25. The summed E-state index contributed by atoms with van der Waals surface area (Å²) in [6.07, 6.45) is 1.70. The van der Waals surface area contributed by atoms with Crippen LogP contribution in [0.5, 0.6) is 0 Å². The molecule has 0 radical (unpaired) electrons. The summed E-state index contributed by atoms with van der Waals surface area (Å²) in [5.41, 5.74) is 2.58. The van der Waals surface area contributed by atoms with Gasteiger partial charge in [0.2, 0.25) is 0 Å². The van der Waals surface area contributed by atoms with Crippen LogP contribution in [-0.4, -0.2) is 16.9 Å². The third-order valence-electron chi connectivity index (χ3n) is 3.11. The van der Waals surface area contributed by atoms with Crippen molar-refractivity contribution < 1.29 is 9.59 Å². The quantitative estimate of drug-likeness (QED) is 0.742. The number of carbonyl (C=O) groups excluding carboxylic acids is 2. The second kappa shape index (κ2) is 3.80. The van der Waals surface area contributed by atoms with Crippen molar-refractivity contribution in [3.8, 4) is 0 Å². The second-order valence-corrected chi connectivity index (χ2v) is 4.26. The van der Waals surface area contributed by atoms with E-state index < -0.39 is 12.1 Å². The molecule has 1 unspecified atom stereocenters. The number of hydrogen-bond acceptors (Lipinski definition) is 3. The van der Waals surface area contributed by atoms with Crippen molar-refractivity contribution in [1.82, 2.24) is 15.6 Å². The van der Waals surface area contributed by atoms with Gasteiger partial charge in [-0.15, -0.1) is 0 Å². The van der Waals surface area contributed by atoms with E-state index in [4.69, 9.17) is 0 Å². The third kappa shape index (κ3) is 1.52. The van der Waals surface area contributed by atoms with Crippen LogP contribution < -0.4 is 10.6 Å². The summed E-state index contributed by atoms with van der Waals surface area (Å²) in [6.45, 7) is 1.92. The van der Waals surface area contributed by atoms with E-state index in [0.29, 0.717) is 0 Å². The van der Waals surface area contributed by atoms with Crippen LogP contribution in [0.3, 0.4) is 0 Å². The monoisotopic (exact) mass is 241 g/mol. The molecule has 0 saturated carbocycles. The smallest absolute Gasteiger partial charge is 0.322 e. The summed E-state index contributed by atoms with van der Waals surface area (Å²) in [6, 6.07) is 6.45. The largest absolute Gasteiger partial charge is 0.322 e. The summed E-state index contributed by atoms with van der Waals surface area (Å²) in [4.78, 5) is 27.2. The number of imide groups is 1. The molecule has 5 heteroatoms. The van der Waals surface area contributed by atoms with Gasteiger partial charge in [-0.3, -0.25) is 15.1 Å². The van der Waals surface area contributed by atoms with Crippen molar-refractivity contribution in [2.45, 2.75) is 13.0 Å². The highest BCUT2D eigenvalue weighted by Gasteiger charge is 2.32. The molecular formula is C13H11N3O2. The third-order valence-corrected chi connectivity index (χ3v) is 3.11. The molecule has 1 saturated heterocycles. The van der Waals surface area contributed by atoms with Crippen LogP contribution in [0.15, 0.2) is 30.5 Å². The summed E-state index contributed by atoms with van der Waals surface area (Å²) in [5, 5.41) is 5.76. The number of carbonyl (C=O) groups is 2. The molecule has 1 atom stereocenters. The number of fused-ring (bicyclic) bond motifs is 1. The van der Waals surface area contributed by atoms with Crippen LogP contribution in [0.2, 0.25) is 0 Å². The maximum atomic E-state index is 11.8. The Kier molecular flexibility index (Phi) is 2.26. The van der Waals surface area contributed by atoms with Gasteiger partial charge in [0, 0.05) is 11.6 Å². The summed E-state index contributed by atoms with van der Waals surface area (Å²) in [7, 11) is 0. The van der Waals surface area contributed by atoms with E-state index >= 15 is 0 Å². The lowest BCUT2D eigenvalue weighted by Crippen LogP contribution is -2.22. The molecule has 0 bridgehead atoms. The van der Waals surface area contributed by atoms with E-state index in [0.717, 1.165) is 22.0 Å². The lowest BCUT2D eigenvalue weighted by molar-refractivity contribution is -0.120. The average Bonchev–Trinajstić information content (AvgIpc) is 2.68. The minimum Gasteiger partial charge on any atom is -0.322 e. The standard InChI is InChI=1S/C13H11N3O2/c1-7-4-5-9-8(3-2-6-14-9)10(7)11-12(17)16-13(18)15-11/h2-6,11H,1H3,(H2,15,16,17,18). The number of urea groups is 1. The molecule has 1 fully saturated rings. The first-order valence-electron chi connectivity index (χ1n) is 5.62. The molecule has 3 amide bonds. The number of hydrogen-bond donors (Lipinski definition) is 2. The minimum atomic E-state index is -0.634. The zero-order chi connectivity index (χ0) is 12.7. The molecule has 0 aliphatic carbocycles. The molecule has 90 valence electrons. The topological polar surface area (TPSA) is 71.1 Å². The van der Waals surface area contributed by atoms with E-state index in [9.17, 15) is 9.59 Å². The van der Waals surface area contributed by atoms with E-state index in [-0.39, 0.29) is 5.91 Å². The van der Waals surface area contributed by atoms with Gasteiger partial charge in [-0.05, 0) is 30.2 Å². The SMILES string of the molecule is Cc1ccc2ncccc2c1C1NC(=O)NC1=O. The fraction of sp³-hybridized carbons (Fsp3) is 0.154. The number of nitrogens with zero attached hydrogens (tertiary/aromatic N) is 1. The fourth-order valence-electron chi connectivity index (χ4n) is 2.29. The van der Waals surface area contributed by atoms with Crippen molar-refractivity contribution in [3.63, 3.8) is 0 Å². The molecular weight excluding hydrogens is 230 g/mol. The van der Waals surface area contributed by atoms with Gasteiger partial charge in [-0.2, -0.15) is 0 Å². The Labute approximate surface area is 103 Å². The minimum absolute atomic E-state index is 0.320. The van der Waals surface area contributed by atoms with E-state index in [2.05, 4.69) is 15.6 Å². The van der Waals surface area contributed by atoms with Gasteiger partial charge in [0.05, 0.1) is 5.52 Å². The maximum Gasteiger partial charge on any atom is 0.322 e. The first-order valence-corrected chi connectivity index (χ1v) is 5.62. The zero-order valence-electron chi connectivity index (χ0n) is 9.73. The number of nitrogens with one attached hydrogen (secondary N) is 2. The molecule has 1 aromatic carbocycles. The number of benzene rings is 1. The summed E-state index contributed by atoms with van der Waals surface area (Å²) >= 11 is 0. The molecule has 0 spiro atoms. The highest BCUT2D eigenvalue weighted by Crippen LogP contribution is 2.28. The van der Waals surface area contributed by atoms with Gasteiger partial charge in [-0.1, -0.05) is 12.1 Å². The fourth-order valence-corrected chi connectivity index (χ4v) is 2.29. The Morgan fingerprint density at radius 2 is 2.06 bits per heavy atom. The number of aromatic nitrogens is 1. The summed E-state index contributed by atoms with van der Waals surface area (Å²) < 4.78 is 0. The molecule has 5 nitrogen and oxygen atoms in total. The molecule has 2 aromatic rings. The zero-order valence-corrected chi connectivity index (χ0v) is 9.73. The predicted molar refractivity (Wildman–Crippen MR) is 65.9 cm³/mol. The van der Waals surface area contributed by atoms with Gasteiger partial charge in [0.15, 0.2) is 0 Å². The molecule has 1 aliphatic rings. The normalized spacial score (nSPS) is 18.8. The van der Waals surface area contributed by atoms with Crippen LogP contribution in [-0.2, 0) is 4.79 Å². The van der Waals surface area contributed by atoms with Crippen molar-refractivity contribution in [2.24, 2.45) is 0 Å². The van der Waals surface area contributed by atoms with Gasteiger partial charge in [0.1, 0.15) is 6.04 Å². The number of pyridine rings is 1. The molecule has 2 heterocycles. The van der Waals surface area contributed by atoms with Gasteiger partial charge in [-0.25, -0.2) is 4.79 Å². The Morgan fingerprint density at radius 1 is 1.22 bits per heavy atom. The molecule has 2 N–H and O–H groups in total. The molecule has 18 heavy (non-hydrogen) atoms. The Morgan fingerprint density at radius 3 is 2.78 bits per heavy atom. The second-order valence-electron chi connectivity index (χ2n) is 4.26. The number of aryl methyl sites for hydroxylation is 1. The van der Waals surface area contributed by atoms with Crippen molar-refractivity contribution in [2.75, 3.05) is 0 Å². The van der Waals surface area contributed by atoms with E-state index in [1.165, 1.54) is 0 Å². The predicted octanol–water partition coefficient (Wildman–Crippen LogP) is 1.42. The van der Waals surface area contributed by atoms with Gasteiger partial charge >= 0.3 is 6.03 Å². The van der Waals surface area contributed by atoms with Crippen molar-refractivity contribution >= 4 is 22.8 Å². The van der Waals surface area contributed by atoms with Crippen LogP contribution in [0.1, 0.15) is 17.2 Å². The highest BCUT2D eigenvalue weighted by atomic mass is 16.2. The van der Waals surface area contributed by atoms with Crippen LogP contribution in [0.25, 0.3) is 10.9 Å². The lowest BCUT2D eigenvalue weighted by Gasteiger charge is -2.14. The Hall–Kier alpha value is -2.43. The van der Waals surface area contributed by atoms with Gasteiger partial charge in [0.25, 0.3) is 5.91 Å². The average molecular weight is 241 g/mol. The number of rotatable bonds is 1. The van der Waals surface area contributed by atoms with Crippen LogP contribution in [0, 0.1) is 6.92 Å². The number of amides is 3. The van der Waals surface area contributed by atoms with E-state index in [1.54, 1.807) is 6.20 Å².